The number of benzene rings is 1. The van der Waals surface area contributed by atoms with Gasteiger partial charge in [0.25, 0.3) is 0 Å². The zero-order chi connectivity index (χ0) is 14.7. The van der Waals surface area contributed by atoms with E-state index in [0.29, 0.717) is 12.1 Å². The second-order valence-electron chi connectivity index (χ2n) is 5.89. The van der Waals surface area contributed by atoms with E-state index in [-0.39, 0.29) is 0 Å². The van der Waals surface area contributed by atoms with Gasteiger partial charge in [-0.05, 0) is 61.9 Å². The zero-order valence-corrected chi connectivity index (χ0v) is 13.9. The summed E-state index contributed by atoms with van der Waals surface area (Å²) in [5, 5.41) is 3.76. The molecule has 2 aromatic rings. The molecule has 1 aliphatic rings. The lowest BCUT2D eigenvalue weighted by Gasteiger charge is -2.28. The molecule has 3 heteroatoms. The van der Waals surface area contributed by atoms with Gasteiger partial charge in [0.15, 0.2) is 0 Å². The van der Waals surface area contributed by atoms with Crippen molar-refractivity contribution in [3.05, 3.63) is 63.9 Å². The smallest absolute Gasteiger partial charge is 0.0605 e. The van der Waals surface area contributed by atoms with Crippen LogP contribution in [-0.4, -0.2) is 11.0 Å². The third-order valence-electron chi connectivity index (χ3n) is 4.14. The van der Waals surface area contributed by atoms with E-state index in [4.69, 9.17) is 0 Å². The van der Waals surface area contributed by atoms with Crippen LogP contribution in [0, 0.1) is 0 Å². The average Bonchev–Trinajstić information content (AvgIpc) is 2.50. The molecule has 2 unspecified atom stereocenters. The number of aromatic nitrogens is 1. The molecule has 0 saturated carbocycles. The normalized spacial score (nSPS) is 19.0. The lowest BCUT2D eigenvalue weighted by Crippen LogP contribution is -2.34. The Bertz CT molecular complexity index is 594. The summed E-state index contributed by atoms with van der Waals surface area (Å²) in [4.78, 5) is 4.60. The van der Waals surface area contributed by atoms with Gasteiger partial charge in [-0.2, -0.15) is 0 Å². The summed E-state index contributed by atoms with van der Waals surface area (Å²) < 4.78 is 1.14. The standard InChI is InChI=1S/C18H21BrN2/c1-13(12-14-7-9-16(19)10-8-14)21-17-6-2-4-15-5-3-11-20-18(15)17/h3,5,7-11,13,17,21H,2,4,6,12H2,1H3. The summed E-state index contributed by atoms with van der Waals surface area (Å²) in [5.41, 5.74) is 4.04. The maximum Gasteiger partial charge on any atom is 0.0605 e. The molecule has 2 nitrogen and oxygen atoms in total. The topological polar surface area (TPSA) is 24.9 Å². The van der Waals surface area contributed by atoms with E-state index in [1.54, 1.807) is 0 Å². The van der Waals surface area contributed by atoms with E-state index < -0.39 is 0 Å². The first kappa shape index (κ1) is 14.7. The number of hydrogen-bond acceptors (Lipinski definition) is 2. The number of nitrogens with zero attached hydrogens (tertiary/aromatic N) is 1. The van der Waals surface area contributed by atoms with E-state index in [0.717, 1.165) is 10.9 Å². The average molecular weight is 345 g/mol. The highest BCUT2D eigenvalue weighted by atomic mass is 79.9. The molecule has 0 aliphatic heterocycles. The Labute approximate surface area is 135 Å². The Kier molecular flexibility index (Phi) is 4.71. The Morgan fingerprint density at radius 3 is 2.90 bits per heavy atom. The molecule has 0 radical (unpaired) electrons. The van der Waals surface area contributed by atoms with Gasteiger partial charge >= 0.3 is 0 Å². The van der Waals surface area contributed by atoms with Gasteiger partial charge in [0, 0.05) is 22.8 Å². The number of rotatable bonds is 4. The molecule has 1 N–H and O–H groups in total. The van der Waals surface area contributed by atoms with Gasteiger partial charge in [0.1, 0.15) is 0 Å². The first-order chi connectivity index (χ1) is 10.2. The molecule has 110 valence electrons. The molecule has 0 amide bonds. The van der Waals surface area contributed by atoms with Crippen molar-refractivity contribution in [3.8, 4) is 0 Å². The van der Waals surface area contributed by atoms with Crippen molar-refractivity contribution in [2.45, 2.75) is 44.7 Å². The lowest BCUT2D eigenvalue weighted by molar-refractivity contribution is 0.399. The third-order valence-corrected chi connectivity index (χ3v) is 4.66. The van der Waals surface area contributed by atoms with Crippen LogP contribution < -0.4 is 5.32 Å². The second kappa shape index (κ2) is 6.71. The van der Waals surface area contributed by atoms with Crippen molar-refractivity contribution < 1.29 is 0 Å². The number of aryl methyl sites for hydroxylation is 1. The van der Waals surface area contributed by atoms with Gasteiger partial charge in [0.2, 0.25) is 0 Å². The quantitative estimate of drug-likeness (QED) is 0.886. The molecule has 3 rings (SSSR count). The minimum Gasteiger partial charge on any atom is -0.306 e. The minimum atomic E-state index is 0.403. The highest BCUT2D eigenvalue weighted by Crippen LogP contribution is 2.28. The van der Waals surface area contributed by atoms with Gasteiger partial charge in [0.05, 0.1) is 5.69 Å². The van der Waals surface area contributed by atoms with Crippen molar-refractivity contribution in [3.63, 3.8) is 0 Å². The SMILES string of the molecule is CC(Cc1ccc(Br)cc1)NC1CCCc2cccnc21. The van der Waals surface area contributed by atoms with Crippen molar-refractivity contribution in [1.29, 1.82) is 0 Å². The number of nitrogens with one attached hydrogen (secondary N) is 1. The fraction of sp³-hybridized carbons (Fsp3) is 0.389. The highest BCUT2D eigenvalue weighted by Gasteiger charge is 2.22. The fourth-order valence-corrected chi connectivity index (χ4v) is 3.41. The van der Waals surface area contributed by atoms with Crippen molar-refractivity contribution >= 4 is 15.9 Å². The monoisotopic (exact) mass is 344 g/mol. The van der Waals surface area contributed by atoms with Gasteiger partial charge < -0.3 is 5.32 Å². The number of fused-ring (bicyclic) bond motifs is 1. The van der Waals surface area contributed by atoms with E-state index in [9.17, 15) is 0 Å². The van der Waals surface area contributed by atoms with Crippen molar-refractivity contribution in [2.24, 2.45) is 0 Å². The van der Waals surface area contributed by atoms with Gasteiger partial charge in [-0.3, -0.25) is 4.98 Å². The van der Waals surface area contributed by atoms with E-state index in [1.807, 2.05) is 12.3 Å². The Morgan fingerprint density at radius 1 is 1.29 bits per heavy atom. The number of pyridine rings is 1. The molecule has 1 heterocycles. The third kappa shape index (κ3) is 3.72. The molecule has 1 aromatic carbocycles. The number of halogens is 1. The largest absolute Gasteiger partial charge is 0.306 e. The molecule has 1 aromatic heterocycles. The van der Waals surface area contributed by atoms with Crippen LogP contribution in [0.2, 0.25) is 0 Å². The number of hydrogen-bond donors (Lipinski definition) is 1. The zero-order valence-electron chi connectivity index (χ0n) is 12.3. The molecular formula is C18H21BrN2. The van der Waals surface area contributed by atoms with Gasteiger partial charge in [-0.15, -0.1) is 0 Å². The molecule has 0 saturated heterocycles. The maximum atomic E-state index is 4.60. The van der Waals surface area contributed by atoms with Gasteiger partial charge in [-0.25, -0.2) is 0 Å². The summed E-state index contributed by atoms with van der Waals surface area (Å²) in [5.74, 6) is 0. The van der Waals surface area contributed by atoms with Crippen LogP contribution in [0.1, 0.15) is 42.6 Å². The molecule has 21 heavy (non-hydrogen) atoms. The maximum absolute atomic E-state index is 4.60. The lowest BCUT2D eigenvalue weighted by atomic mass is 9.91. The molecule has 1 aliphatic carbocycles. The minimum absolute atomic E-state index is 0.403. The summed E-state index contributed by atoms with van der Waals surface area (Å²) in [6.45, 7) is 2.26. The Morgan fingerprint density at radius 2 is 2.10 bits per heavy atom. The fourth-order valence-electron chi connectivity index (χ4n) is 3.15. The van der Waals surface area contributed by atoms with Crippen LogP contribution in [-0.2, 0) is 12.8 Å². The molecule has 0 fully saturated rings. The van der Waals surface area contributed by atoms with Crippen LogP contribution in [0.5, 0.6) is 0 Å². The highest BCUT2D eigenvalue weighted by molar-refractivity contribution is 9.10. The van der Waals surface area contributed by atoms with E-state index >= 15 is 0 Å². The first-order valence-corrected chi connectivity index (χ1v) is 8.46. The summed E-state index contributed by atoms with van der Waals surface area (Å²) in [7, 11) is 0. The van der Waals surface area contributed by atoms with Crippen molar-refractivity contribution in [2.75, 3.05) is 0 Å². The summed E-state index contributed by atoms with van der Waals surface area (Å²) >= 11 is 3.49. The Balaban J connectivity index is 1.65. The van der Waals surface area contributed by atoms with Crippen LogP contribution in [0.3, 0.4) is 0 Å². The van der Waals surface area contributed by atoms with Crippen LogP contribution >= 0.6 is 15.9 Å². The molecule has 0 spiro atoms. The van der Waals surface area contributed by atoms with Crippen molar-refractivity contribution in [1.82, 2.24) is 10.3 Å². The first-order valence-electron chi connectivity index (χ1n) is 7.66. The predicted octanol–water partition coefficient (Wildman–Crippen LogP) is 4.44. The summed E-state index contributed by atoms with van der Waals surface area (Å²) in [6.07, 6.45) is 6.57. The second-order valence-corrected chi connectivity index (χ2v) is 6.81. The predicted molar refractivity (Wildman–Crippen MR) is 90.4 cm³/mol. The van der Waals surface area contributed by atoms with E-state index in [2.05, 4.69) is 63.5 Å². The molecular weight excluding hydrogens is 324 g/mol. The van der Waals surface area contributed by atoms with Crippen LogP contribution in [0.25, 0.3) is 0 Å². The summed E-state index contributed by atoms with van der Waals surface area (Å²) in [6, 6.07) is 13.7. The Hall–Kier alpha value is -1.19. The van der Waals surface area contributed by atoms with Gasteiger partial charge in [-0.1, -0.05) is 34.1 Å². The molecule has 0 bridgehead atoms. The van der Waals surface area contributed by atoms with Crippen LogP contribution in [0.4, 0.5) is 0 Å². The van der Waals surface area contributed by atoms with Crippen LogP contribution in [0.15, 0.2) is 47.1 Å². The van der Waals surface area contributed by atoms with E-state index in [1.165, 1.54) is 36.1 Å². The molecule has 2 atom stereocenters.